The van der Waals surface area contributed by atoms with Gasteiger partial charge in [0, 0.05) is 18.1 Å². The van der Waals surface area contributed by atoms with Crippen LogP contribution in [0.3, 0.4) is 0 Å². The van der Waals surface area contributed by atoms with Crippen LogP contribution in [0.1, 0.15) is 73.6 Å². The number of rotatable bonds is 6. The molecule has 1 saturated carbocycles. The van der Waals surface area contributed by atoms with Crippen LogP contribution in [0.25, 0.3) is 0 Å². The van der Waals surface area contributed by atoms with Gasteiger partial charge in [0.1, 0.15) is 5.54 Å². The Kier molecular flexibility index (Phi) is 6.25. The minimum absolute atomic E-state index is 0.336. The molecule has 0 heterocycles. The first kappa shape index (κ1) is 18.5. The minimum atomic E-state index is -0.435. The normalized spacial score (nSPS) is 23.8. The van der Waals surface area contributed by atoms with Crippen molar-refractivity contribution in [3.8, 4) is 6.07 Å². The third-order valence-electron chi connectivity index (χ3n) is 5.14. The van der Waals surface area contributed by atoms with Gasteiger partial charge >= 0.3 is 0 Å². The molecule has 3 heteroatoms. The Hall–Kier alpha value is -0.590. The van der Waals surface area contributed by atoms with Crippen molar-refractivity contribution in [2.24, 2.45) is 5.41 Å². The van der Waals surface area contributed by atoms with Crippen LogP contribution < -0.4 is 5.32 Å². The van der Waals surface area contributed by atoms with Crippen molar-refractivity contribution in [3.63, 3.8) is 0 Å². The first-order chi connectivity index (χ1) is 9.58. The lowest BCUT2D eigenvalue weighted by Crippen LogP contribution is -2.51. The molecule has 2 unspecified atom stereocenters. The third kappa shape index (κ3) is 5.60. The summed E-state index contributed by atoms with van der Waals surface area (Å²) >= 11 is 0. The molecule has 0 aromatic carbocycles. The first-order valence-corrected chi connectivity index (χ1v) is 8.49. The molecule has 0 amide bonds. The van der Waals surface area contributed by atoms with Gasteiger partial charge in [0.25, 0.3) is 0 Å². The van der Waals surface area contributed by atoms with Crippen molar-refractivity contribution in [1.29, 1.82) is 5.26 Å². The van der Waals surface area contributed by atoms with Crippen LogP contribution in [-0.2, 0) is 0 Å². The van der Waals surface area contributed by atoms with Gasteiger partial charge in [-0.2, -0.15) is 5.26 Å². The summed E-state index contributed by atoms with van der Waals surface area (Å²) in [4.78, 5) is 2.51. The van der Waals surface area contributed by atoms with Crippen LogP contribution >= 0.6 is 0 Å². The molecule has 1 fully saturated rings. The van der Waals surface area contributed by atoms with Gasteiger partial charge in [-0.25, -0.2) is 0 Å². The van der Waals surface area contributed by atoms with Crippen LogP contribution in [0.2, 0.25) is 0 Å². The van der Waals surface area contributed by atoms with E-state index in [0.717, 1.165) is 6.42 Å². The standard InChI is InChI=1S/C18H35N3/c1-14(2)20-18(6,13-19)12-15(3)21(7)16-8-10-17(4,5)11-9-16/h14-16,20H,8-12H2,1-7H3. The maximum Gasteiger partial charge on any atom is 0.105 e. The topological polar surface area (TPSA) is 39.1 Å². The highest BCUT2D eigenvalue weighted by Gasteiger charge is 2.33. The summed E-state index contributed by atoms with van der Waals surface area (Å²) in [5.74, 6) is 0. The SMILES string of the molecule is CC(C)NC(C)(C#N)CC(C)N(C)C1CCC(C)(C)CC1. The van der Waals surface area contributed by atoms with E-state index >= 15 is 0 Å². The number of nitrogens with one attached hydrogen (secondary N) is 1. The molecule has 122 valence electrons. The molecular formula is C18H35N3. The molecular weight excluding hydrogens is 258 g/mol. The Morgan fingerprint density at radius 3 is 2.24 bits per heavy atom. The quantitative estimate of drug-likeness (QED) is 0.806. The fraction of sp³-hybridized carbons (Fsp3) is 0.944. The summed E-state index contributed by atoms with van der Waals surface area (Å²) in [6, 6.07) is 3.91. The molecule has 1 N–H and O–H groups in total. The van der Waals surface area contributed by atoms with Gasteiger partial charge in [-0.05, 0) is 72.3 Å². The van der Waals surface area contributed by atoms with E-state index in [0.29, 0.717) is 23.5 Å². The molecule has 0 radical (unpaired) electrons. The molecule has 0 aromatic heterocycles. The molecule has 0 saturated heterocycles. The number of nitrogens with zero attached hydrogens (tertiary/aromatic N) is 2. The lowest BCUT2D eigenvalue weighted by molar-refractivity contribution is 0.0885. The number of nitriles is 1. The summed E-state index contributed by atoms with van der Waals surface area (Å²) in [6.45, 7) is 13.3. The molecule has 1 aliphatic carbocycles. The number of hydrogen-bond acceptors (Lipinski definition) is 3. The van der Waals surface area contributed by atoms with E-state index < -0.39 is 5.54 Å². The van der Waals surface area contributed by atoms with E-state index in [4.69, 9.17) is 0 Å². The van der Waals surface area contributed by atoms with E-state index in [1.807, 2.05) is 6.92 Å². The molecule has 2 atom stereocenters. The lowest BCUT2D eigenvalue weighted by Gasteiger charge is -2.42. The smallest absolute Gasteiger partial charge is 0.105 e. The van der Waals surface area contributed by atoms with Crippen LogP contribution in [0.15, 0.2) is 0 Å². The van der Waals surface area contributed by atoms with Crippen molar-refractivity contribution in [2.75, 3.05) is 7.05 Å². The zero-order valence-electron chi connectivity index (χ0n) is 15.2. The van der Waals surface area contributed by atoms with Crippen molar-refractivity contribution < 1.29 is 0 Å². The Labute approximate surface area is 132 Å². The summed E-state index contributed by atoms with van der Waals surface area (Å²) < 4.78 is 0. The van der Waals surface area contributed by atoms with Gasteiger partial charge in [-0.15, -0.1) is 0 Å². The molecule has 1 rings (SSSR count). The van der Waals surface area contributed by atoms with Crippen molar-refractivity contribution in [1.82, 2.24) is 10.2 Å². The van der Waals surface area contributed by atoms with Gasteiger partial charge in [0.05, 0.1) is 6.07 Å². The van der Waals surface area contributed by atoms with E-state index in [9.17, 15) is 5.26 Å². The Balaban J connectivity index is 2.58. The second-order valence-corrected chi connectivity index (χ2v) is 8.36. The van der Waals surface area contributed by atoms with Gasteiger partial charge in [-0.1, -0.05) is 13.8 Å². The predicted octanol–water partition coefficient (Wildman–Crippen LogP) is 3.95. The number of hydrogen-bond donors (Lipinski definition) is 1. The highest BCUT2D eigenvalue weighted by molar-refractivity contribution is 5.06. The summed E-state index contributed by atoms with van der Waals surface area (Å²) in [5.41, 5.74) is 0.0801. The second kappa shape index (κ2) is 7.11. The van der Waals surface area contributed by atoms with Crippen LogP contribution in [0.5, 0.6) is 0 Å². The summed E-state index contributed by atoms with van der Waals surface area (Å²) in [5, 5.41) is 12.9. The summed E-state index contributed by atoms with van der Waals surface area (Å²) in [6.07, 6.45) is 6.07. The van der Waals surface area contributed by atoms with Crippen LogP contribution in [-0.4, -0.2) is 35.6 Å². The maximum absolute atomic E-state index is 9.51. The molecule has 0 aliphatic heterocycles. The largest absolute Gasteiger partial charge is 0.301 e. The van der Waals surface area contributed by atoms with E-state index in [1.165, 1.54) is 25.7 Å². The highest BCUT2D eigenvalue weighted by atomic mass is 15.2. The molecule has 3 nitrogen and oxygen atoms in total. The third-order valence-corrected chi connectivity index (χ3v) is 5.14. The lowest BCUT2D eigenvalue weighted by atomic mass is 9.75. The van der Waals surface area contributed by atoms with Crippen molar-refractivity contribution >= 4 is 0 Å². The predicted molar refractivity (Wildman–Crippen MR) is 90.2 cm³/mol. The van der Waals surface area contributed by atoms with Crippen molar-refractivity contribution in [3.05, 3.63) is 0 Å². The molecule has 0 bridgehead atoms. The van der Waals surface area contributed by atoms with E-state index in [-0.39, 0.29) is 0 Å². The minimum Gasteiger partial charge on any atom is -0.301 e. The van der Waals surface area contributed by atoms with Gasteiger partial charge in [0.2, 0.25) is 0 Å². The molecule has 21 heavy (non-hydrogen) atoms. The first-order valence-electron chi connectivity index (χ1n) is 8.49. The van der Waals surface area contributed by atoms with E-state index in [1.54, 1.807) is 0 Å². The Morgan fingerprint density at radius 2 is 1.81 bits per heavy atom. The molecule has 1 aliphatic rings. The second-order valence-electron chi connectivity index (χ2n) is 8.36. The zero-order chi connectivity index (χ0) is 16.3. The average molecular weight is 293 g/mol. The van der Waals surface area contributed by atoms with Gasteiger partial charge in [-0.3, -0.25) is 5.32 Å². The fourth-order valence-electron chi connectivity index (χ4n) is 3.66. The van der Waals surface area contributed by atoms with Gasteiger partial charge < -0.3 is 4.90 Å². The Morgan fingerprint density at radius 1 is 1.29 bits per heavy atom. The van der Waals surface area contributed by atoms with Gasteiger partial charge in [0.15, 0.2) is 0 Å². The van der Waals surface area contributed by atoms with E-state index in [2.05, 4.69) is 58.0 Å². The monoisotopic (exact) mass is 293 g/mol. The maximum atomic E-state index is 9.51. The Bertz CT molecular complexity index is 359. The fourth-order valence-corrected chi connectivity index (χ4v) is 3.66. The van der Waals surface area contributed by atoms with Crippen LogP contribution in [0.4, 0.5) is 0 Å². The van der Waals surface area contributed by atoms with Crippen molar-refractivity contribution in [2.45, 2.75) is 97.3 Å². The molecule has 0 aromatic rings. The zero-order valence-corrected chi connectivity index (χ0v) is 15.2. The van der Waals surface area contributed by atoms with Crippen LogP contribution in [0, 0.1) is 16.7 Å². The summed E-state index contributed by atoms with van der Waals surface area (Å²) in [7, 11) is 2.24. The average Bonchev–Trinajstić information content (AvgIpc) is 2.36. The highest BCUT2D eigenvalue weighted by Crippen LogP contribution is 2.37. The molecule has 0 spiro atoms.